The largest absolute Gasteiger partial charge is 0.339 e. The number of anilines is 1. The van der Waals surface area contributed by atoms with E-state index in [1.807, 2.05) is 24.8 Å². The summed E-state index contributed by atoms with van der Waals surface area (Å²) < 4.78 is 0. The predicted octanol–water partition coefficient (Wildman–Crippen LogP) is 4.83. The quantitative estimate of drug-likeness (QED) is 0.354. The second kappa shape index (κ2) is 8.08. The van der Waals surface area contributed by atoms with E-state index >= 15 is 0 Å². The number of aromatic nitrogens is 4. The van der Waals surface area contributed by atoms with Crippen molar-refractivity contribution in [1.29, 1.82) is 0 Å². The van der Waals surface area contributed by atoms with Crippen molar-refractivity contribution in [3.8, 4) is 22.3 Å². The Morgan fingerprint density at radius 3 is 2.73 bits per heavy atom. The van der Waals surface area contributed by atoms with Crippen LogP contribution in [0.25, 0.3) is 33.3 Å². The third-order valence-corrected chi connectivity index (χ3v) is 6.54. The molecule has 1 unspecified atom stereocenters. The molecule has 0 amide bonds. The van der Waals surface area contributed by atoms with Crippen molar-refractivity contribution in [3.63, 3.8) is 0 Å². The highest BCUT2D eigenvalue weighted by atomic mass is 32.1. The molecule has 0 saturated heterocycles. The van der Waals surface area contributed by atoms with Gasteiger partial charge in [-0.25, -0.2) is 10.4 Å². The van der Waals surface area contributed by atoms with Gasteiger partial charge in [0.2, 0.25) is 0 Å². The topological polar surface area (TPSA) is 81.8 Å². The maximum atomic E-state index is 4.99. The lowest BCUT2D eigenvalue weighted by molar-refractivity contribution is 0.402. The third kappa shape index (κ3) is 3.68. The van der Waals surface area contributed by atoms with Crippen LogP contribution >= 0.6 is 11.3 Å². The number of imidazole rings is 1. The van der Waals surface area contributed by atoms with E-state index in [4.69, 9.17) is 4.98 Å². The molecule has 4 aromatic heterocycles. The monoisotopic (exact) mass is 453 g/mol. The molecule has 0 fully saturated rings. The van der Waals surface area contributed by atoms with Gasteiger partial charge in [0.1, 0.15) is 11.9 Å². The zero-order chi connectivity index (χ0) is 22.4. The predicted molar refractivity (Wildman–Crippen MR) is 133 cm³/mol. The number of hydrazine groups is 1. The Labute approximate surface area is 195 Å². The van der Waals surface area contributed by atoms with Crippen LogP contribution in [-0.2, 0) is 6.54 Å². The lowest BCUT2D eigenvalue weighted by atomic mass is 9.99. The van der Waals surface area contributed by atoms with Gasteiger partial charge in [-0.2, -0.15) is 11.3 Å². The summed E-state index contributed by atoms with van der Waals surface area (Å²) in [4.78, 5) is 19.5. The van der Waals surface area contributed by atoms with Gasteiger partial charge in [0, 0.05) is 41.8 Å². The minimum atomic E-state index is -0.0967. The van der Waals surface area contributed by atoms with Crippen molar-refractivity contribution in [2.75, 3.05) is 19.5 Å². The number of nitrogens with zero attached hydrogens (tertiary/aromatic N) is 4. The maximum absolute atomic E-state index is 4.99. The normalized spacial score (nSPS) is 15.2. The number of nitrogens with one attached hydrogen (secondary N) is 3. The van der Waals surface area contributed by atoms with E-state index in [1.54, 1.807) is 11.3 Å². The number of thiophene rings is 1. The van der Waals surface area contributed by atoms with Crippen LogP contribution in [0.5, 0.6) is 0 Å². The number of aromatic amines is 1. The fourth-order valence-electron chi connectivity index (χ4n) is 4.35. The van der Waals surface area contributed by atoms with E-state index in [-0.39, 0.29) is 6.04 Å². The summed E-state index contributed by atoms with van der Waals surface area (Å²) in [5, 5.41) is 4.20. The molecule has 0 saturated carbocycles. The fraction of sp³-hybridized carbons (Fsp3) is 0.160. The van der Waals surface area contributed by atoms with Gasteiger partial charge in [-0.05, 0) is 65.8 Å². The number of hydrogen-bond donors (Lipinski definition) is 3. The minimum absolute atomic E-state index is 0.0967. The van der Waals surface area contributed by atoms with Gasteiger partial charge >= 0.3 is 0 Å². The standard InChI is InChI=1S/C25H23N7S/c1-32(2)13-15-7-18(10-26-9-15)16-3-4-21-19(8-16)24(31-30-21)25-28-22-12-27-11-20(23(22)29-25)17-5-6-33-14-17/h3-12,14,24,30-31H,13H2,1-2H3,(H,28,29). The zero-order valence-corrected chi connectivity index (χ0v) is 19.1. The van der Waals surface area contributed by atoms with E-state index < -0.39 is 0 Å². The number of H-pyrrole nitrogens is 1. The van der Waals surface area contributed by atoms with Gasteiger partial charge in [-0.15, -0.1) is 0 Å². The fourth-order valence-corrected chi connectivity index (χ4v) is 5.01. The molecule has 6 rings (SSSR count). The van der Waals surface area contributed by atoms with Crippen LogP contribution in [0.15, 0.2) is 65.9 Å². The molecular formula is C25H23N7S. The SMILES string of the molecule is CN(C)Cc1cncc(-c2ccc3c(c2)C(c2nc4c(-c5ccsc5)cncc4[nH]2)NN3)c1. The molecule has 33 heavy (non-hydrogen) atoms. The molecular weight excluding hydrogens is 430 g/mol. The summed E-state index contributed by atoms with van der Waals surface area (Å²) in [6, 6.07) is 10.7. The van der Waals surface area contributed by atoms with Crippen molar-refractivity contribution in [2.24, 2.45) is 0 Å². The van der Waals surface area contributed by atoms with Crippen LogP contribution in [0.4, 0.5) is 5.69 Å². The Kier molecular flexibility index (Phi) is 4.91. The van der Waals surface area contributed by atoms with Crippen molar-refractivity contribution >= 4 is 28.1 Å². The summed E-state index contributed by atoms with van der Waals surface area (Å²) in [7, 11) is 4.13. The molecule has 5 aromatic rings. The van der Waals surface area contributed by atoms with Crippen LogP contribution in [0.1, 0.15) is 23.0 Å². The van der Waals surface area contributed by atoms with Crippen LogP contribution in [0, 0.1) is 0 Å². The molecule has 3 N–H and O–H groups in total. The van der Waals surface area contributed by atoms with E-state index in [0.717, 1.165) is 56.9 Å². The first-order valence-corrected chi connectivity index (χ1v) is 11.7. The van der Waals surface area contributed by atoms with Crippen LogP contribution < -0.4 is 10.9 Å². The lowest BCUT2D eigenvalue weighted by Crippen LogP contribution is -2.20. The number of hydrogen-bond acceptors (Lipinski definition) is 7. The molecule has 1 atom stereocenters. The maximum Gasteiger partial charge on any atom is 0.130 e. The number of pyridine rings is 2. The van der Waals surface area contributed by atoms with E-state index in [1.165, 1.54) is 5.56 Å². The number of rotatable bonds is 5. The molecule has 0 bridgehead atoms. The Balaban J connectivity index is 1.39. The third-order valence-electron chi connectivity index (χ3n) is 5.86. The molecule has 0 spiro atoms. The summed E-state index contributed by atoms with van der Waals surface area (Å²) in [6.45, 7) is 0.858. The number of fused-ring (bicyclic) bond motifs is 2. The second-order valence-corrected chi connectivity index (χ2v) is 9.32. The summed E-state index contributed by atoms with van der Waals surface area (Å²) >= 11 is 1.67. The molecule has 0 aliphatic carbocycles. The smallest absolute Gasteiger partial charge is 0.130 e. The van der Waals surface area contributed by atoms with E-state index in [0.29, 0.717) is 0 Å². The first kappa shape index (κ1) is 20.0. The van der Waals surface area contributed by atoms with Crippen molar-refractivity contribution < 1.29 is 0 Å². The second-order valence-electron chi connectivity index (χ2n) is 8.54. The van der Waals surface area contributed by atoms with Gasteiger partial charge in [0.15, 0.2) is 0 Å². The zero-order valence-electron chi connectivity index (χ0n) is 18.3. The molecule has 0 radical (unpaired) electrons. The highest BCUT2D eigenvalue weighted by Gasteiger charge is 2.27. The molecule has 1 aliphatic rings. The van der Waals surface area contributed by atoms with E-state index in [2.05, 4.69) is 85.9 Å². The Morgan fingerprint density at radius 1 is 0.970 bits per heavy atom. The molecule has 1 aliphatic heterocycles. The minimum Gasteiger partial charge on any atom is -0.339 e. The molecule has 1 aromatic carbocycles. The molecule has 5 heterocycles. The van der Waals surface area contributed by atoms with Gasteiger partial charge in [-0.3, -0.25) is 9.97 Å². The van der Waals surface area contributed by atoms with Gasteiger partial charge in [0.25, 0.3) is 0 Å². The van der Waals surface area contributed by atoms with Crippen LogP contribution in [0.2, 0.25) is 0 Å². The van der Waals surface area contributed by atoms with Gasteiger partial charge in [0.05, 0.1) is 22.9 Å². The highest BCUT2D eigenvalue weighted by molar-refractivity contribution is 7.08. The van der Waals surface area contributed by atoms with Crippen LogP contribution in [-0.4, -0.2) is 38.9 Å². The summed E-state index contributed by atoms with van der Waals surface area (Å²) in [5.41, 5.74) is 16.4. The van der Waals surface area contributed by atoms with Gasteiger partial charge in [-0.1, -0.05) is 6.07 Å². The van der Waals surface area contributed by atoms with Crippen molar-refractivity contribution in [3.05, 3.63) is 82.8 Å². The summed E-state index contributed by atoms with van der Waals surface area (Å²) in [6.07, 6.45) is 7.57. The molecule has 8 heteroatoms. The first-order valence-electron chi connectivity index (χ1n) is 10.8. The Hall–Kier alpha value is -3.59. The summed E-state index contributed by atoms with van der Waals surface area (Å²) in [5.74, 6) is 0.859. The average molecular weight is 454 g/mol. The van der Waals surface area contributed by atoms with Crippen molar-refractivity contribution in [2.45, 2.75) is 12.6 Å². The van der Waals surface area contributed by atoms with Crippen molar-refractivity contribution in [1.82, 2.24) is 30.3 Å². The molecule has 7 nitrogen and oxygen atoms in total. The molecule has 164 valence electrons. The van der Waals surface area contributed by atoms with Gasteiger partial charge < -0.3 is 15.3 Å². The highest BCUT2D eigenvalue weighted by Crippen LogP contribution is 2.37. The Bertz CT molecular complexity index is 1440. The average Bonchev–Trinajstić information content (AvgIpc) is 3.57. The Morgan fingerprint density at radius 2 is 1.88 bits per heavy atom. The van der Waals surface area contributed by atoms with Crippen LogP contribution in [0.3, 0.4) is 0 Å². The van der Waals surface area contributed by atoms with E-state index in [9.17, 15) is 0 Å². The lowest BCUT2D eigenvalue weighted by Gasteiger charge is -2.12. The first-order chi connectivity index (χ1) is 16.2. The number of benzene rings is 1.